The van der Waals surface area contributed by atoms with Crippen LogP contribution in [0.3, 0.4) is 0 Å². The number of esters is 1. The molecule has 0 aromatic rings. The molecule has 0 spiro atoms. The molecule has 2 rings (SSSR count). The molecule has 0 aliphatic carbocycles. The summed E-state index contributed by atoms with van der Waals surface area (Å²) >= 11 is 0. The average molecular weight is 425 g/mol. The highest BCUT2D eigenvalue weighted by molar-refractivity contribution is 5.75. The third-order valence-electron chi connectivity index (χ3n) is 4.75. The van der Waals surface area contributed by atoms with Crippen LogP contribution < -0.4 is 5.32 Å². The fourth-order valence-corrected chi connectivity index (χ4v) is 3.23. The SMILES string of the molecule is COC(=O)[C@H]1O[C@H](OC)[C@H](O)[C@@H](O)[C@@H]1O[C@H]1O[C@H](CO)[C@@H](O)[C@H](O)[C@H]1NC(C)=O. The lowest BCUT2D eigenvalue weighted by molar-refractivity contribution is -0.338. The van der Waals surface area contributed by atoms with Crippen molar-refractivity contribution in [2.75, 3.05) is 20.8 Å². The maximum Gasteiger partial charge on any atom is 0.337 e. The smallest absolute Gasteiger partial charge is 0.337 e. The summed E-state index contributed by atoms with van der Waals surface area (Å²) in [4.78, 5) is 23.6. The van der Waals surface area contributed by atoms with Crippen LogP contribution in [0, 0.1) is 0 Å². The van der Waals surface area contributed by atoms with E-state index in [1.165, 1.54) is 7.11 Å². The summed E-state index contributed by atoms with van der Waals surface area (Å²) in [5.41, 5.74) is 0. The fraction of sp³-hybridized carbons (Fsp3) is 0.875. The molecule has 0 aromatic carbocycles. The molecule has 0 radical (unpaired) electrons. The Hall–Kier alpha value is -1.42. The molecule has 2 aliphatic heterocycles. The van der Waals surface area contributed by atoms with Gasteiger partial charge < -0.3 is 54.5 Å². The number of nitrogens with one attached hydrogen (secondary N) is 1. The van der Waals surface area contributed by atoms with Gasteiger partial charge in [0.25, 0.3) is 0 Å². The normalized spacial score (nSPS) is 42.9. The highest BCUT2D eigenvalue weighted by Gasteiger charge is 2.53. The Kier molecular flexibility index (Phi) is 8.28. The van der Waals surface area contributed by atoms with Crippen LogP contribution in [0.4, 0.5) is 0 Å². The lowest BCUT2D eigenvalue weighted by Gasteiger charge is -2.46. The summed E-state index contributed by atoms with van der Waals surface area (Å²) in [6.45, 7) is 0.459. The molecule has 0 bridgehead atoms. The zero-order chi connectivity index (χ0) is 21.9. The zero-order valence-electron chi connectivity index (χ0n) is 16.1. The molecule has 0 aromatic heterocycles. The average Bonchev–Trinajstić information content (AvgIpc) is 2.70. The lowest BCUT2D eigenvalue weighted by Crippen LogP contribution is -2.68. The van der Waals surface area contributed by atoms with E-state index in [1.807, 2.05) is 0 Å². The topological polar surface area (TPSA) is 193 Å². The van der Waals surface area contributed by atoms with Crippen LogP contribution in [-0.4, -0.2) is 120 Å². The maximum absolute atomic E-state index is 12.1. The summed E-state index contributed by atoms with van der Waals surface area (Å²) in [6.07, 6.45) is -13.8. The first kappa shape index (κ1) is 23.9. The monoisotopic (exact) mass is 425 g/mol. The van der Waals surface area contributed by atoms with Crippen molar-refractivity contribution in [2.45, 2.75) is 68.3 Å². The molecule has 1 amide bonds. The van der Waals surface area contributed by atoms with Crippen molar-refractivity contribution in [1.29, 1.82) is 0 Å². The Balaban J connectivity index is 2.31. The van der Waals surface area contributed by atoms with E-state index < -0.39 is 79.8 Å². The molecule has 2 aliphatic rings. The second kappa shape index (κ2) is 10.1. The van der Waals surface area contributed by atoms with Crippen molar-refractivity contribution >= 4 is 11.9 Å². The standard InChI is InChI=1S/C16H27NO12/c1-5(19)17-7-9(21)8(20)6(4-18)27-15(7)28-12-10(22)11(23)16(26-3)29-13(12)14(24)25-2/h6-13,15-16,18,20-23H,4H2,1-3H3,(H,17,19)/t6-,7-,8-,9-,10-,11-,12+,13+,15-,16+/m1/s1. The van der Waals surface area contributed by atoms with E-state index in [-0.39, 0.29) is 0 Å². The maximum atomic E-state index is 12.1. The van der Waals surface area contributed by atoms with E-state index in [0.717, 1.165) is 14.0 Å². The van der Waals surface area contributed by atoms with Gasteiger partial charge in [0.15, 0.2) is 18.7 Å². The van der Waals surface area contributed by atoms with Gasteiger partial charge in [-0.2, -0.15) is 0 Å². The number of methoxy groups -OCH3 is 2. The number of rotatable bonds is 6. The molecule has 2 fully saturated rings. The second-order valence-electron chi connectivity index (χ2n) is 6.70. The lowest BCUT2D eigenvalue weighted by atomic mass is 9.95. The van der Waals surface area contributed by atoms with Crippen LogP contribution in [0.15, 0.2) is 0 Å². The largest absolute Gasteiger partial charge is 0.467 e. The summed E-state index contributed by atoms with van der Waals surface area (Å²) in [6, 6.07) is -1.33. The molecule has 13 nitrogen and oxygen atoms in total. The predicted octanol–water partition coefficient (Wildman–Crippen LogP) is -4.42. The predicted molar refractivity (Wildman–Crippen MR) is 89.9 cm³/mol. The summed E-state index contributed by atoms with van der Waals surface area (Å²) in [5.74, 6) is -1.54. The first-order chi connectivity index (χ1) is 13.7. The molecule has 0 unspecified atom stereocenters. The summed E-state index contributed by atoms with van der Waals surface area (Å²) in [5, 5.41) is 52.7. The van der Waals surface area contributed by atoms with Crippen LogP contribution in [-0.2, 0) is 33.3 Å². The van der Waals surface area contributed by atoms with Crippen molar-refractivity contribution in [3.05, 3.63) is 0 Å². The van der Waals surface area contributed by atoms with E-state index in [1.54, 1.807) is 0 Å². The van der Waals surface area contributed by atoms with Crippen LogP contribution in [0.25, 0.3) is 0 Å². The van der Waals surface area contributed by atoms with Gasteiger partial charge in [-0.1, -0.05) is 0 Å². The van der Waals surface area contributed by atoms with E-state index in [0.29, 0.717) is 0 Å². The summed E-state index contributed by atoms with van der Waals surface area (Å²) < 4.78 is 25.8. The number of aliphatic hydroxyl groups is 5. The molecular weight excluding hydrogens is 398 g/mol. The van der Waals surface area contributed by atoms with Gasteiger partial charge in [-0.3, -0.25) is 4.79 Å². The fourth-order valence-electron chi connectivity index (χ4n) is 3.23. The number of hydrogen-bond acceptors (Lipinski definition) is 12. The minimum Gasteiger partial charge on any atom is -0.467 e. The summed E-state index contributed by atoms with van der Waals surface area (Å²) in [7, 11) is 2.26. The Morgan fingerprint density at radius 1 is 0.966 bits per heavy atom. The third-order valence-corrected chi connectivity index (χ3v) is 4.75. The third kappa shape index (κ3) is 5.02. The van der Waals surface area contributed by atoms with Gasteiger partial charge in [0.05, 0.1) is 13.7 Å². The Morgan fingerprint density at radius 3 is 2.14 bits per heavy atom. The van der Waals surface area contributed by atoms with Crippen molar-refractivity contribution in [3.8, 4) is 0 Å². The number of aliphatic hydroxyl groups excluding tert-OH is 5. The quantitative estimate of drug-likeness (QED) is 0.224. The van der Waals surface area contributed by atoms with Crippen LogP contribution in [0.2, 0.25) is 0 Å². The van der Waals surface area contributed by atoms with Gasteiger partial charge in [-0.05, 0) is 0 Å². The Morgan fingerprint density at radius 2 is 1.62 bits per heavy atom. The first-order valence-electron chi connectivity index (χ1n) is 8.83. The van der Waals surface area contributed by atoms with Gasteiger partial charge in [-0.15, -0.1) is 0 Å². The Bertz CT molecular complexity index is 576. The van der Waals surface area contributed by atoms with Gasteiger partial charge in [0.2, 0.25) is 5.91 Å². The van der Waals surface area contributed by atoms with Gasteiger partial charge in [-0.25, -0.2) is 4.79 Å². The second-order valence-corrected chi connectivity index (χ2v) is 6.70. The molecule has 10 atom stereocenters. The van der Waals surface area contributed by atoms with Crippen LogP contribution in [0.1, 0.15) is 6.92 Å². The highest BCUT2D eigenvalue weighted by Crippen LogP contribution is 2.30. The molecule has 13 heteroatoms. The van der Waals surface area contributed by atoms with Crippen LogP contribution >= 0.6 is 0 Å². The zero-order valence-corrected chi connectivity index (χ0v) is 16.1. The van der Waals surface area contributed by atoms with E-state index in [4.69, 9.17) is 18.9 Å². The van der Waals surface area contributed by atoms with Crippen molar-refractivity contribution in [3.63, 3.8) is 0 Å². The minimum absolute atomic E-state index is 0.592. The molecule has 2 saturated heterocycles. The molecule has 6 N–H and O–H groups in total. The minimum atomic E-state index is -1.71. The van der Waals surface area contributed by atoms with E-state index in [9.17, 15) is 35.1 Å². The molecule has 29 heavy (non-hydrogen) atoms. The number of hydrogen-bond donors (Lipinski definition) is 6. The molecular formula is C16H27NO12. The molecule has 0 saturated carbocycles. The van der Waals surface area contributed by atoms with Crippen molar-refractivity contribution in [1.82, 2.24) is 5.32 Å². The number of ether oxygens (including phenoxy) is 5. The highest BCUT2D eigenvalue weighted by atomic mass is 16.7. The van der Waals surface area contributed by atoms with Crippen LogP contribution in [0.5, 0.6) is 0 Å². The van der Waals surface area contributed by atoms with Gasteiger partial charge in [0.1, 0.15) is 42.7 Å². The van der Waals surface area contributed by atoms with E-state index in [2.05, 4.69) is 10.1 Å². The molecule has 2 heterocycles. The van der Waals surface area contributed by atoms with E-state index >= 15 is 0 Å². The number of carbonyl (C=O) groups is 2. The van der Waals surface area contributed by atoms with Crippen molar-refractivity contribution < 1.29 is 58.8 Å². The van der Waals surface area contributed by atoms with Gasteiger partial charge >= 0.3 is 5.97 Å². The first-order valence-corrected chi connectivity index (χ1v) is 8.83. The molecule has 168 valence electrons. The Labute approximate surface area is 166 Å². The van der Waals surface area contributed by atoms with Gasteiger partial charge in [0, 0.05) is 14.0 Å². The number of amides is 1. The number of carbonyl (C=O) groups excluding carboxylic acids is 2. The van der Waals surface area contributed by atoms with Crippen molar-refractivity contribution in [2.24, 2.45) is 0 Å².